The molecule has 6 heteroatoms. The van der Waals surface area contributed by atoms with Gasteiger partial charge in [-0.25, -0.2) is 0 Å². The fourth-order valence-corrected chi connectivity index (χ4v) is 2.27. The smallest absolute Gasteiger partial charge is 0.262 e. The molecular formula is C16H18N2O4. The van der Waals surface area contributed by atoms with Crippen LogP contribution in [0.15, 0.2) is 24.3 Å². The van der Waals surface area contributed by atoms with E-state index in [0.717, 1.165) is 4.90 Å². The molecule has 0 saturated heterocycles. The number of nitrogens with one attached hydrogen (secondary N) is 1. The van der Waals surface area contributed by atoms with Crippen LogP contribution >= 0.6 is 0 Å². The third kappa shape index (κ3) is 2.41. The zero-order valence-corrected chi connectivity index (χ0v) is 13.0. The van der Waals surface area contributed by atoms with Crippen molar-refractivity contribution in [3.05, 3.63) is 35.4 Å². The van der Waals surface area contributed by atoms with Gasteiger partial charge in [-0.1, -0.05) is 12.1 Å². The summed E-state index contributed by atoms with van der Waals surface area (Å²) in [5.74, 6) is -1.76. The number of fused-ring (bicyclic) bond motifs is 1. The normalized spacial score (nSPS) is 15.5. The van der Waals surface area contributed by atoms with Crippen LogP contribution in [0.4, 0.5) is 0 Å². The molecule has 1 atom stereocenters. The number of ketones is 1. The number of carbonyl (C=O) groups excluding carboxylic acids is 4. The predicted octanol–water partition coefficient (Wildman–Crippen LogP) is 1.15. The number of hydrogen-bond acceptors (Lipinski definition) is 4. The van der Waals surface area contributed by atoms with Gasteiger partial charge in [-0.05, 0) is 39.8 Å². The van der Waals surface area contributed by atoms with Crippen LogP contribution in [0, 0.1) is 0 Å². The lowest BCUT2D eigenvalue weighted by Gasteiger charge is -2.33. The maximum Gasteiger partial charge on any atom is 0.262 e. The summed E-state index contributed by atoms with van der Waals surface area (Å²) >= 11 is 0. The van der Waals surface area contributed by atoms with Gasteiger partial charge in [0.15, 0.2) is 5.78 Å². The van der Waals surface area contributed by atoms with Crippen LogP contribution in [0.2, 0.25) is 0 Å². The Balaban J connectivity index is 2.31. The lowest BCUT2D eigenvalue weighted by molar-refractivity contribution is -0.132. The SMILES string of the molecule is CC(=O)C(C)NC(=O)C(C)(C)N1C(=O)c2ccccc2C1=O. The van der Waals surface area contributed by atoms with Gasteiger partial charge in [0.25, 0.3) is 11.8 Å². The highest BCUT2D eigenvalue weighted by Gasteiger charge is 2.48. The molecule has 0 radical (unpaired) electrons. The number of carbonyl (C=O) groups is 4. The molecule has 22 heavy (non-hydrogen) atoms. The number of amides is 3. The van der Waals surface area contributed by atoms with Crippen LogP contribution in [-0.4, -0.2) is 40.0 Å². The van der Waals surface area contributed by atoms with Crippen LogP contribution in [0.25, 0.3) is 0 Å². The first-order chi connectivity index (χ1) is 10.2. The summed E-state index contributed by atoms with van der Waals surface area (Å²) in [6.45, 7) is 5.88. The molecule has 1 heterocycles. The largest absolute Gasteiger partial charge is 0.345 e. The molecular weight excluding hydrogens is 284 g/mol. The predicted molar refractivity (Wildman–Crippen MR) is 79.3 cm³/mol. The molecule has 6 nitrogen and oxygen atoms in total. The van der Waals surface area contributed by atoms with Gasteiger partial charge in [0.2, 0.25) is 5.91 Å². The highest BCUT2D eigenvalue weighted by molar-refractivity contribution is 6.23. The summed E-state index contributed by atoms with van der Waals surface area (Å²) < 4.78 is 0. The molecule has 1 unspecified atom stereocenters. The van der Waals surface area contributed by atoms with Crippen molar-refractivity contribution in [2.45, 2.75) is 39.3 Å². The van der Waals surface area contributed by atoms with Gasteiger partial charge in [0.1, 0.15) is 5.54 Å². The van der Waals surface area contributed by atoms with E-state index in [0.29, 0.717) is 0 Å². The molecule has 0 fully saturated rings. The Morgan fingerprint density at radius 3 is 1.95 bits per heavy atom. The van der Waals surface area contributed by atoms with E-state index in [1.54, 1.807) is 31.2 Å². The van der Waals surface area contributed by atoms with Crippen molar-refractivity contribution >= 4 is 23.5 Å². The van der Waals surface area contributed by atoms with E-state index < -0.39 is 29.3 Å². The minimum Gasteiger partial charge on any atom is -0.345 e. The van der Waals surface area contributed by atoms with Crippen molar-refractivity contribution in [1.82, 2.24) is 10.2 Å². The van der Waals surface area contributed by atoms with E-state index in [1.165, 1.54) is 20.8 Å². The highest BCUT2D eigenvalue weighted by atomic mass is 16.2. The van der Waals surface area contributed by atoms with Gasteiger partial charge in [-0.2, -0.15) is 0 Å². The van der Waals surface area contributed by atoms with Gasteiger partial charge in [0.05, 0.1) is 17.2 Å². The molecule has 1 aliphatic rings. The van der Waals surface area contributed by atoms with Crippen molar-refractivity contribution in [2.75, 3.05) is 0 Å². The first-order valence-corrected chi connectivity index (χ1v) is 6.97. The Bertz CT molecular complexity index is 643. The van der Waals surface area contributed by atoms with Crippen LogP contribution in [0.5, 0.6) is 0 Å². The van der Waals surface area contributed by atoms with Crippen molar-refractivity contribution in [1.29, 1.82) is 0 Å². The summed E-state index contributed by atoms with van der Waals surface area (Å²) in [6, 6.07) is 5.77. The maximum atomic E-state index is 12.4. The molecule has 116 valence electrons. The number of nitrogens with zero attached hydrogens (tertiary/aromatic N) is 1. The first kappa shape index (κ1) is 15.9. The lowest BCUT2D eigenvalue weighted by Crippen LogP contribution is -2.59. The monoisotopic (exact) mass is 302 g/mol. The van der Waals surface area contributed by atoms with Gasteiger partial charge in [-0.3, -0.25) is 24.1 Å². The molecule has 2 rings (SSSR count). The molecule has 0 aromatic heterocycles. The Morgan fingerprint density at radius 2 is 1.55 bits per heavy atom. The van der Waals surface area contributed by atoms with E-state index >= 15 is 0 Å². The Hall–Kier alpha value is -2.50. The molecule has 3 amide bonds. The topological polar surface area (TPSA) is 83.6 Å². The number of imide groups is 1. The van der Waals surface area contributed by atoms with Crippen LogP contribution in [0.3, 0.4) is 0 Å². The Labute approximate surface area is 128 Å². The van der Waals surface area contributed by atoms with Crippen LogP contribution in [-0.2, 0) is 9.59 Å². The van der Waals surface area contributed by atoms with Crippen molar-refractivity contribution < 1.29 is 19.2 Å². The van der Waals surface area contributed by atoms with Crippen molar-refractivity contribution in [3.63, 3.8) is 0 Å². The number of hydrogen-bond donors (Lipinski definition) is 1. The summed E-state index contributed by atoms with van der Waals surface area (Å²) in [5, 5.41) is 2.53. The van der Waals surface area contributed by atoms with E-state index in [-0.39, 0.29) is 16.9 Å². The highest BCUT2D eigenvalue weighted by Crippen LogP contribution is 2.29. The van der Waals surface area contributed by atoms with Gasteiger partial charge in [0, 0.05) is 0 Å². The molecule has 1 N–H and O–H groups in total. The second kappa shape index (κ2) is 5.36. The zero-order chi connectivity index (χ0) is 16.7. The Morgan fingerprint density at radius 1 is 1.09 bits per heavy atom. The average molecular weight is 302 g/mol. The Kier molecular flexibility index (Phi) is 3.87. The quantitative estimate of drug-likeness (QED) is 0.846. The fourth-order valence-electron chi connectivity index (χ4n) is 2.27. The summed E-state index contributed by atoms with van der Waals surface area (Å²) in [6.07, 6.45) is 0. The van der Waals surface area contributed by atoms with E-state index in [2.05, 4.69) is 5.32 Å². The number of Topliss-reactive ketones (excluding diaryl/α,β-unsaturated/α-hetero) is 1. The van der Waals surface area contributed by atoms with Gasteiger partial charge in [-0.15, -0.1) is 0 Å². The van der Waals surface area contributed by atoms with Crippen molar-refractivity contribution in [2.24, 2.45) is 0 Å². The minimum absolute atomic E-state index is 0.202. The average Bonchev–Trinajstić information content (AvgIpc) is 2.71. The number of benzene rings is 1. The summed E-state index contributed by atoms with van der Waals surface area (Å²) in [4.78, 5) is 49.5. The first-order valence-electron chi connectivity index (χ1n) is 6.97. The molecule has 0 saturated carbocycles. The number of rotatable bonds is 4. The molecule has 1 aromatic rings. The van der Waals surface area contributed by atoms with Gasteiger partial charge < -0.3 is 5.32 Å². The summed E-state index contributed by atoms with van der Waals surface area (Å²) in [7, 11) is 0. The molecule has 0 bridgehead atoms. The van der Waals surface area contributed by atoms with Crippen molar-refractivity contribution in [3.8, 4) is 0 Å². The summed E-state index contributed by atoms with van der Waals surface area (Å²) in [5.41, 5.74) is -0.822. The fraction of sp³-hybridized carbons (Fsp3) is 0.375. The van der Waals surface area contributed by atoms with E-state index in [1.807, 2.05) is 0 Å². The third-order valence-electron chi connectivity index (χ3n) is 3.87. The van der Waals surface area contributed by atoms with E-state index in [9.17, 15) is 19.2 Å². The van der Waals surface area contributed by atoms with E-state index in [4.69, 9.17) is 0 Å². The van der Waals surface area contributed by atoms with Gasteiger partial charge >= 0.3 is 0 Å². The maximum absolute atomic E-state index is 12.4. The standard InChI is InChI=1S/C16H18N2O4/c1-9(10(2)19)17-15(22)16(3,4)18-13(20)11-7-5-6-8-12(11)14(18)21/h5-9H,1-4H3,(H,17,22). The van der Waals surface area contributed by atoms with Crippen LogP contribution in [0.1, 0.15) is 48.4 Å². The molecule has 1 aromatic carbocycles. The molecule has 0 spiro atoms. The third-order valence-corrected chi connectivity index (χ3v) is 3.87. The molecule has 0 aliphatic carbocycles. The lowest BCUT2D eigenvalue weighted by atomic mass is 10.0. The molecule has 1 aliphatic heterocycles. The second-order valence-electron chi connectivity index (χ2n) is 5.86. The van der Waals surface area contributed by atoms with Crippen LogP contribution < -0.4 is 5.32 Å². The second-order valence-corrected chi connectivity index (χ2v) is 5.86. The minimum atomic E-state index is -1.39. The zero-order valence-electron chi connectivity index (χ0n) is 13.0.